The van der Waals surface area contributed by atoms with Crippen LogP contribution in [0.25, 0.3) is 0 Å². The average molecular weight is 375 g/mol. The number of fused-ring (bicyclic) bond motifs is 5. The smallest absolute Gasteiger partial charge is 0.302 e. The van der Waals surface area contributed by atoms with Crippen molar-refractivity contribution in [2.24, 2.45) is 0 Å². The predicted octanol–water partition coefficient (Wildman–Crippen LogP) is 4.87. The van der Waals surface area contributed by atoms with E-state index in [1.807, 2.05) is 12.1 Å². The summed E-state index contributed by atoms with van der Waals surface area (Å²) in [5.41, 5.74) is 2.85. The van der Waals surface area contributed by atoms with E-state index in [-0.39, 0.29) is 23.7 Å². The minimum absolute atomic E-state index is 0.00442. The summed E-state index contributed by atoms with van der Waals surface area (Å²) in [5.74, 6) is -0.290. The normalized spacial score (nSPS) is 24.8. The number of hydrogen-bond donors (Lipinski definition) is 0. The van der Waals surface area contributed by atoms with Crippen molar-refractivity contribution < 1.29 is 18.7 Å². The zero-order valence-electron chi connectivity index (χ0n) is 16.7. The molecule has 142 valence electrons. The lowest BCUT2D eigenvalue weighted by Gasteiger charge is -2.38. The van der Waals surface area contributed by atoms with Crippen LogP contribution in [0.15, 0.2) is 35.9 Å². The van der Waals surface area contributed by atoms with Crippen molar-refractivity contribution in [1.82, 2.24) is 0 Å². The summed E-state index contributed by atoms with van der Waals surface area (Å²) in [5, 5.41) is 0.177. The van der Waals surface area contributed by atoms with Crippen molar-refractivity contribution in [3.63, 3.8) is 0 Å². The van der Waals surface area contributed by atoms with Gasteiger partial charge in [0.15, 0.2) is 8.32 Å². The van der Waals surface area contributed by atoms with Crippen molar-refractivity contribution in [3.8, 4) is 0 Å². The van der Waals surface area contributed by atoms with Gasteiger partial charge in [-0.1, -0.05) is 45.0 Å². The molecule has 3 rings (SSSR count). The Morgan fingerprint density at radius 2 is 2.00 bits per heavy atom. The van der Waals surface area contributed by atoms with E-state index in [1.54, 1.807) is 0 Å². The highest BCUT2D eigenvalue weighted by atomic mass is 28.4. The number of rotatable bonds is 5. The summed E-state index contributed by atoms with van der Waals surface area (Å²) in [6.45, 7) is 13.5. The molecule has 0 N–H and O–H groups in total. The third kappa shape index (κ3) is 3.53. The van der Waals surface area contributed by atoms with Crippen LogP contribution in [-0.4, -0.2) is 27.5 Å². The molecule has 0 radical (unpaired) electrons. The van der Waals surface area contributed by atoms with E-state index in [0.29, 0.717) is 6.61 Å². The van der Waals surface area contributed by atoms with Gasteiger partial charge in [0.2, 0.25) is 0 Å². The topological polar surface area (TPSA) is 44.8 Å². The van der Waals surface area contributed by atoms with Gasteiger partial charge in [-0.3, -0.25) is 4.79 Å². The number of hydrogen-bond acceptors (Lipinski definition) is 4. The Labute approximate surface area is 157 Å². The lowest BCUT2D eigenvalue weighted by molar-refractivity contribution is -0.153. The van der Waals surface area contributed by atoms with Gasteiger partial charge in [-0.25, -0.2) is 0 Å². The van der Waals surface area contributed by atoms with E-state index < -0.39 is 13.9 Å². The molecular weight excluding hydrogens is 344 g/mol. The van der Waals surface area contributed by atoms with Gasteiger partial charge in [-0.15, -0.1) is 0 Å². The third-order valence-electron chi connectivity index (χ3n) is 5.92. The van der Waals surface area contributed by atoms with Crippen molar-refractivity contribution in [1.29, 1.82) is 0 Å². The number of carbonyl (C=O) groups is 1. The fraction of sp³-hybridized carbons (Fsp3) is 0.571. The number of esters is 1. The molecule has 26 heavy (non-hydrogen) atoms. The van der Waals surface area contributed by atoms with Gasteiger partial charge in [0.1, 0.15) is 12.2 Å². The van der Waals surface area contributed by atoms with Crippen LogP contribution in [0, 0.1) is 0 Å². The molecule has 1 aromatic carbocycles. The Kier molecular flexibility index (Phi) is 4.92. The molecule has 0 amide bonds. The van der Waals surface area contributed by atoms with Gasteiger partial charge < -0.3 is 13.9 Å². The van der Waals surface area contributed by atoms with Crippen LogP contribution >= 0.6 is 0 Å². The predicted molar refractivity (Wildman–Crippen MR) is 104 cm³/mol. The van der Waals surface area contributed by atoms with Crippen molar-refractivity contribution >= 4 is 14.3 Å². The molecule has 0 saturated carbocycles. The average Bonchev–Trinajstić information content (AvgIpc) is 2.79. The standard InChI is InChI=1S/C21H30O4Si/c1-15(22)23-14-21-12-16(13-24-26(5,6)20(2,3)4)11-19(25-21)17-9-7-8-10-18(17)21/h7-10,12,19H,11,13-14H2,1-6H3/t19-,21-/m0/s1. The van der Waals surface area contributed by atoms with Gasteiger partial charge >= 0.3 is 5.97 Å². The van der Waals surface area contributed by atoms with Gasteiger partial charge in [-0.2, -0.15) is 0 Å². The van der Waals surface area contributed by atoms with Crippen LogP contribution < -0.4 is 0 Å². The van der Waals surface area contributed by atoms with Crippen LogP contribution in [0.3, 0.4) is 0 Å². The van der Waals surface area contributed by atoms with Crippen LogP contribution in [0.2, 0.25) is 18.1 Å². The van der Waals surface area contributed by atoms with Crippen molar-refractivity contribution in [3.05, 3.63) is 47.0 Å². The number of carbonyl (C=O) groups excluding carboxylic acids is 1. The quantitative estimate of drug-likeness (QED) is 0.419. The lowest BCUT2D eigenvalue weighted by atomic mass is 9.92. The number of benzene rings is 1. The van der Waals surface area contributed by atoms with Crippen molar-refractivity contribution in [2.75, 3.05) is 13.2 Å². The first kappa shape index (κ1) is 19.3. The van der Waals surface area contributed by atoms with Gasteiger partial charge in [0.25, 0.3) is 0 Å². The summed E-state index contributed by atoms with van der Waals surface area (Å²) in [4.78, 5) is 11.4. The zero-order chi connectivity index (χ0) is 19.2. The highest BCUT2D eigenvalue weighted by Crippen LogP contribution is 2.51. The molecule has 0 saturated heterocycles. The summed E-state index contributed by atoms with van der Waals surface area (Å²) in [7, 11) is -1.82. The third-order valence-corrected chi connectivity index (χ3v) is 10.4. The first-order chi connectivity index (χ1) is 12.0. The molecule has 2 heterocycles. The summed E-state index contributed by atoms with van der Waals surface area (Å²) >= 11 is 0. The van der Waals surface area contributed by atoms with E-state index in [9.17, 15) is 4.79 Å². The molecule has 0 aromatic heterocycles. The molecule has 0 spiro atoms. The first-order valence-corrected chi connectivity index (χ1v) is 12.2. The minimum atomic E-state index is -1.82. The van der Waals surface area contributed by atoms with Gasteiger partial charge in [0.05, 0.1) is 12.7 Å². The molecule has 0 fully saturated rings. The Hall–Kier alpha value is -1.43. The minimum Gasteiger partial charge on any atom is -0.462 e. The molecule has 5 heteroatoms. The highest BCUT2D eigenvalue weighted by Gasteiger charge is 2.48. The Bertz CT molecular complexity index is 732. The second kappa shape index (κ2) is 6.62. The largest absolute Gasteiger partial charge is 0.462 e. The lowest BCUT2D eigenvalue weighted by Crippen LogP contribution is -2.41. The Morgan fingerprint density at radius 3 is 2.65 bits per heavy atom. The second-order valence-corrected chi connectivity index (χ2v) is 13.7. The van der Waals surface area contributed by atoms with E-state index >= 15 is 0 Å². The van der Waals surface area contributed by atoms with Crippen LogP contribution in [0.1, 0.15) is 51.3 Å². The summed E-state index contributed by atoms with van der Waals surface area (Å²) in [6, 6.07) is 8.24. The SMILES string of the molecule is CC(=O)OC[C@]12C=C(CO[Si](C)(C)C(C)(C)C)C[C@H](O1)c1ccccc12. The van der Waals surface area contributed by atoms with Crippen LogP contribution in [-0.2, 0) is 24.3 Å². The Balaban J connectivity index is 1.86. The molecule has 2 aliphatic rings. The maximum absolute atomic E-state index is 11.4. The molecule has 0 unspecified atom stereocenters. The Morgan fingerprint density at radius 1 is 1.31 bits per heavy atom. The maximum atomic E-state index is 11.4. The molecule has 4 nitrogen and oxygen atoms in total. The van der Waals surface area contributed by atoms with Gasteiger partial charge in [0, 0.05) is 13.3 Å². The zero-order valence-corrected chi connectivity index (χ0v) is 17.7. The van der Waals surface area contributed by atoms with E-state index in [1.165, 1.54) is 18.1 Å². The molecule has 0 aliphatic carbocycles. The molecule has 2 aliphatic heterocycles. The molecule has 2 bridgehead atoms. The number of ether oxygens (including phenoxy) is 2. The summed E-state index contributed by atoms with van der Waals surface area (Å²) in [6.07, 6.45) is 2.96. The van der Waals surface area contributed by atoms with E-state index in [2.05, 4.69) is 52.1 Å². The monoisotopic (exact) mass is 374 g/mol. The fourth-order valence-electron chi connectivity index (χ4n) is 3.39. The molecule has 1 aromatic rings. The van der Waals surface area contributed by atoms with Crippen LogP contribution in [0.4, 0.5) is 0 Å². The highest BCUT2D eigenvalue weighted by molar-refractivity contribution is 6.74. The molecule has 2 atom stereocenters. The maximum Gasteiger partial charge on any atom is 0.302 e. The van der Waals surface area contributed by atoms with Crippen LogP contribution in [0.5, 0.6) is 0 Å². The van der Waals surface area contributed by atoms with E-state index in [0.717, 1.165) is 12.0 Å². The summed E-state index contributed by atoms with van der Waals surface area (Å²) < 4.78 is 18.1. The van der Waals surface area contributed by atoms with E-state index in [4.69, 9.17) is 13.9 Å². The van der Waals surface area contributed by atoms with Gasteiger partial charge in [-0.05, 0) is 40.9 Å². The second-order valence-electron chi connectivity index (χ2n) is 8.92. The van der Waals surface area contributed by atoms with Crippen molar-refractivity contribution in [2.45, 2.75) is 64.0 Å². The first-order valence-electron chi connectivity index (χ1n) is 9.29. The molecular formula is C21H30O4Si. The fourth-order valence-corrected chi connectivity index (χ4v) is 4.37.